The summed E-state index contributed by atoms with van der Waals surface area (Å²) < 4.78 is 17.5. The number of hydrogen-bond donors (Lipinski definition) is 1. The minimum atomic E-state index is 0.639. The van der Waals surface area contributed by atoms with Gasteiger partial charge in [-0.15, -0.1) is 5.10 Å². The second-order valence-electron chi connectivity index (χ2n) is 4.07. The summed E-state index contributed by atoms with van der Waals surface area (Å²) in [7, 11) is 3.55. The van der Waals surface area contributed by atoms with Crippen LogP contribution in [0.5, 0.6) is 0 Å². The van der Waals surface area contributed by atoms with Gasteiger partial charge in [-0.3, -0.25) is 0 Å². The zero-order valence-electron chi connectivity index (χ0n) is 11.8. The van der Waals surface area contributed by atoms with Gasteiger partial charge in [-0.2, -0.15) is 0 Å². The molecule has 0 fully saturated rings. The zero-order valence-corrected chi connectivity index (χ0v) is 11.8. The Kier molecular flexibility index (Phi) is 9.17. The monoisotopic (exact) mass is 272 g/mol. The SMILES string of the molecule is CNCc1cn(CCOCCCOCCOC)nn1. The van der Waals surface area contributed by atoms with Crippen LogP contribution in [0.15, 0.2) is 6.20 Å². The molecule has 0 atom stereocenters. The maximum atomic E-state index is 5.50. The number of ether oxygens (including phenoxy) is 3. The fourth-order valence-corrected chi connectivity index (χ4v) is 1.48. The lowest BCUT2D eigenvalue weighted by Gasteiger charge is -2.05. The molecular formula is C12H24N4O3. The molecule has 1 aromatic heterocycles. The smallest absolute Gasteiger partial charge is 0.0964 e. The van der Waals surface area contributed by atoms with Gasteiger partial charge in [0.05, 0.1) is 32.1 Å². The Balaban J connectivity index is 1.92. The third kappa shape index (κ3) is 7.89. The van der Waals surface area contributed by atoms with Crippen LogP contribution in [0.25, 0.3) is 0 Å². The number of aromatic nitrogens is 3. The largest absolute Gasteiger partial charge is 0.382 e. The van der Waals surface area contributed by atoms with Crippen molar-refractivity contribution in [3.63, 3.8) is 0 Å². The second-order valence-corrected chi connectivity index (χ2v) is 4.07. The molecule has 110 valence electrons. The highest BCUT2D eigenvalue weighted by atomic mass is 16.5. The molecule has 0 radical (unpaired) electrons. The highest BCUT2D eigenvalue weighted by Crippen LogP contribution is 1.93. The summed E-state index contributed by atoms with van der Waals surface area (Å²) in [5.74, 6) is 0. The standard InChI is InChI=1S/C12H24N4O3/c1-13-10-12-11-16(15-14-12)4-7-18-5-3-6-19-9-8-17-2/h11,13H,3-10H2,1-2H3. The van der Waals surface area contributed by atoms with E-state index < -0.39 is 0 Å². The molecule has 0 unspecified atom stereocenters. The van der Waals surface area contributed by atoms with Gasteiger partial charge < -0.3 is 19.5 Å². The van der Waals surface area contributed by atoms with Crippen LogP contribution in [0.3, 0.4) is 0 Å². The molecule has 1 rings (SSSR count). The molecular weight excluding hydrogens is 248 g/mol. The molecule has 0 bridgehead atoms. The van der Waals surface area contributed by atoms with Gasteiger partial charge in [-0.05, 0) is 13.5 Å². The van der Waals surface area contributed by atoms with Crippen LogP contribution in [-0.2, 0) is 27.3 Å². The maximum Gasteiger partial charge on any atom is 0.0964 e. The predicted octanol–water partition coefficient (Wildman–Crippen LogP) is 0.0672. The molecule has 7 nitrogen and oxygen atoms in total. The van der Waals surface area contributed by atoms with Crippen LogP contribution < -0.4 is 5.32 Å². The van der Waals surface area contributed by atoms with E-state index in [-0.39, 0.29) is 0 Å². The van der Waals surface area contributed by atoms with Crippen LogP contribution in [0.4, 0.5) is 0 Å². The van der Waals surface area contributed by atoms with Crippen molar-refractivity contribution in [1.82, 2.24) is 20.3 Å². The summed E-state index contributed by atoms with van der Waals surface area (Å²) in [4.78, 5) is 0. The summed E-state index contributed by atoms with van der Waals surface area (Å²) in [6, 6.07) is 0. The van der Waals surface area contributed by atoms with Gasteiger partial charge in [-0.25, -0.2) is 4.68 Å². The maximum absolute atomic E-state index is 5.50. The molecule has 0 aliphatic carbocycles. The van der Waals surface area contributed by atoms with Crippen molar-refractivity contribution in [2.24, 2.45) is 0 Å². The molecule has 0 aliphatic rings. The van der Waals surface area contributed by atoms with E-state index in [1.165, 1.54) is 0 Å². The Morgan fingerprint density at radius 3 is 2.68 bits per heavy atom. The Labute approximate surface area is 114 Å². The van der Waals surface area contributed by atoms with E-state index in [2.05, 4.69) is 15.6 Å². The summed E-state index contributed by atoms with van der Waals surface area (Å²) in [5.41, 5.74) is 0.939. The summed E-state index contributed by atoms with van der Waals surface area (Å²) in [6.07, 6.45) is 2.82. The first kappa shape index (κ1) is 16.0. The number of hydrogen-bond acceptors (Lipinski definition) is 6. The van der Waals surface area contributed by atoms with Crippen LogP contribution in [0.2, 0.25) is 0 Å². The highest BCUT2D eigenvalue weighted by molar-refractivity contribution is 4.90. The van der Waals surface area contributed by atoms with Gasteiger partial charge in [0.15, 0.2) is 0 Å². The predicted molar refractivity (Wildman–Crippen MR) is 70.9 cm³/mol. The highest BCUT2D eigenvalue weighted by Gasteiger charge is 1.99. The minimum absolute atomic E-state index is 0.639. The van der Waals surface area contributed by atoms with E-state index in [1.807, 2.05) is 13.2 Å². The molecule has 1 heterocycles. The average Bonchev–Trinajstić information content (AvgIpc) is 2.85. The third-order valence-electron chi connectivity index (χ3n) is 2.42. The molecule has 0 amide bonds. The number of methoxy groups -OCH3 is 1. The lowest BCUT2D eigenvalue weighted by Crippen LogP contribution is -2.09. The van der Waals surface area contributed by atoms with Crippen molar-refractivity contribution in [2.45, 2.75) is 19.5 Å². The Bertz CT molecular complexity index is 320. The van der Waals surface area contributed by atoms with Crippen molar-refractivity contribution in [1.29, 1.82) is 0 Å². The topological polar surface area (TPSA) is 70.4 Å². The number of nitrogens with zero attached hydrogens (tertiary/aromatic N) is 3. The first-order valence-corrected chi connectivity index (χ1v) is 6.55. The van der Waals surface area contributed by atoms with E-state index in [9.17, 15) is 0 Å². The van der Waals surface area contributed by atoms with E-state index in [0.717, 1.165) is 25.2 Å². The van der Waals surface area contributed by atoms with E-state index in [4.69, 9.17) is 14.2 Å². The van der Waals surface area contributed by atoms with Gasteiger partial charge in [-0.1, -0.05) is 5.21 Å². The van der Waals surface area contributed by atoms with Gasteiger partial charge in [0.2, 0.25) is 0 Å². The minimum Gasteiger partial charge on any atom is -0.382 e. The van der Waals surface area contributed by atoms with Gasteiger partial charge >= 0.3 is 0 Å². The molecule has 0 aliphatic heterocycles. The van der Waals surface area contributed by atoms with E-state index in [0.29, 0.717) is 33.0 Å². The molecule has 0 spiro atoms. The molecule has 1 aromatic rings. The van der Waals surface area contributed by atoms with E-state index in [1.54, 1.807) is 11.8 Å². The molecule has 0 saturated heterocycles. The van der Waals surface area contributed by atoms with Crippen LogP contribution in [-0.4, -0.2) is 62.2 Å². The summed E-state index contributed by atoms with van der Waals surface area (Å²) in [5, 5.41) is 11.1. The van der Waals surface area contributed by atoms with Gasteiger partial charge in [0, 0.05) is 33.1 Å². The Morgan fingerprint density at radius 2 is 1.95 bits per heavy atom. The normalized spacial score (nSPS) is 11.1. The molecule has 7 heteroatoms. The van der Waals surface area contributed by atoms with Crippen molar-refractivity contribution in [3.8, 4) is 0 Å². The quantitative estimate of drug-likeness (QED) is 0.543. The molecule has 1 N–H and O–H groups in total. The van der Waals surface area contributed by atoms with Gasteiger partial charge in [0.25, 0.3) is 0 Å². The lowest BCUT2D eigenvalue weighted by molar-refractivity contribution is 0.0497. The zero-order chi connectivity index (χ0) is 13.8. The van der Waals surface area contributed by atoms with Crippen LogP contribution >= 0.6 is 0 Å². The average molecular weight is 272 g/mol. The fraction of sp³-hybridized carbons (Fsp3) is 0.833. The number of rotatable bonds is 12. The van der Waals surface area contributed by atoms with Crippen molar-refractivity contribution < 1.29 is 14.2 Å². The van der Waals surface area contributed by atoms with Gasteiger partial charge in [0.1, 0.15) is 0 Å². The van der Waals surface area contributed by atoms with Crippen LogP contribution in [0, 0.1) is 0 Å². The van der Waals surface area contributed by atoms with Crippen molar-refractivity contribution in [2.75, 3.05) is 47.2 Å². The van der Waals surface area contributed by atoms with E-state index >= 15 is 0 Å². The van der Waals surface area contributed by atoms with Crippen molar-refractivity contribution >= 4 is 0 Å². The van der Waals surface area contributed by atoms with Crippen molar-refractivity contribution in [3.05, 3.63) is 11.9 Å². The first-order chi connectivity index (χ1) is 9.36. The summed E-state index contributed by atoms with van der Waals surface area (Å²) >= 11 is 0. The summed E-state index contributed by atoms with van der Waals surface area (Å²) in [6.45, 7) is 4.79. The Morgan fingerprint density at radius 1 is 1.16 bits per heavy atom. The third-order valence-corrected chi connectivity index (χ3v) is 2.42. The molecule has 19 heavy (non-hydrogen) atoms. The fourth-order valence-electron chi connectivity index (χ4n) is 1.48. The van der Waals surface area contributed by atoms with Crippen LogP contribution in [0.1, 0.15) is 12.1 Å². The first-order valence-electron chi connectivity index (χ1n) is 6.55. The Hall–Kier alpha value is -1.02. The lowest BCUT2D eigenvalue weighted by atomic mass is 10.5. The number of nitrogens with one attached hydrogen (secondary N) is 1. The molecule has 0 aromatic carbocycles. The molecule has 0 saturated carbocycles. The second kappa shape index (κ2) is 10.9.